The van der Waals surface area contributed by atoms with Crippen molar-refractivity contribution in [3.63, 3.8) is 0 Å². The molecule has 2 fully saturated rings. The van der Waals surface area contributed by atoms with E-state index in [4.69, 9.17) is 5.73 Å². The Hall–Kier alpha value is -0.120. The van der Waals surface area contributed by atoms with E-state index in [9.17, 15) is 0 Å². The van der Waals surface area contributed by atoms with Gasteiger partial charge in [0.25, 0.3) is 0 Å². The van der Waals surface area contributed by atoms with Crippen LogP contribution in [0.4, 0.5) is 0 Å². The number of nitrogens with two attached hydrogens (primary N) is 1. The van der Waals surface area contributed by atoms with E-state index >= 15 is 0 Å². The zero-order chi connectivity index (χ0) is 12.3. The highest BCUT2D eigenvalue weighted by Gasteiger charge is 2.31. The summed E-state index contributed by atoms with van der Waals surface area (Å²) < 4.78 is 0. The van der Waals surface area contributed by atoms with Crippen molar-refractivity contribution in [2.24, 2.45) is 5.73 Å². The molecular weight excluding hydrogens is 210 g/mol. The Morgan fingerprint density at radius 2 is 1.71 bits per heavy atom. The number of piperidine rings is 1. The first-order valence-corrected chi connectivity index (χ1v) is 7.27. The maximum atomic E-state index is 6.53. The van der Waals surface area contributed by atoms with Gasteiger partial charge < -0.3 is 15.5 Å². The molecule has 0 amide bonds. The van der Waals surface area contributed by atoms with Crippen LogP contribution >= 0.6 is 0 Å². The fourth-order valence-electron chi connectivity index (χ4n) is 3.45. The summed E-state index contributed by atoms with van der Waals surface area (Å²) in [7, 11) is 4.40. The van der Waals surface area contributed by atoms with Crippen LogP contribution in [0, 0.1) is 0 Å². The third-order valence-corrected chi connectivity index (χ3v) is 4.68. The van der Waals surface area contributed by atoms with Crippen LogP contribution in [0.5, 0.6) is 0 Å². The minimum absolute atomic E-state index is 0.128. The lowest BCUT2D eigenvalue weighted by atomic mass is 9.82. The van der Waals surface area contributed by atoms with Gasteiger partial charge in [-0.25, -0.2) is 0 Å². The van der Waals surface area contributed by atoms with Gasteiger partial charge in [-0.2, -0.15) is 0 Å². The van der Waals surface area contributed by atoms with Gasteiger partial charge in [0.05, 0.1) is 0 Å². The van der Waals surface area contributed by atoms with Gasteiger partial charge in [-0.3, -0.25) is 0 Å². The second-order valence-corrected chi connectivity index (χ2v) is 6.39. The van der Waals surface area contributed by atoms with E-state index in [-0.39, 0.29) is 5.54 Å². The molecule has 1 saturated carbocycles. The predicted molar refractivity (Wildman–Crippen MR) is 73.2 cm³/mol. The molecular formula is C14H29N3. The summed E-state index contributed by atoms with van der Waals surface area (Å²) >= 11 is 0. The average molecular weight is 239 g/mol. The molecule has 0 bridgehead atoms. The van der Waals surface area contributed by atoms with Crippen molar-refractivity contribution in [2.45, 2.75) is 56.5 Å². The topological polar surface area (TPSA) is 32.5 Å². The second-order valence-electron chi connectivity index (χ2n) is 6.39. The van der Waals surface area contributed by atoms with E-state index < -0.39 is 0 Å². The first-order chi connectivity index (χ1) is 8.09. The van der Waals surface area contributed by atoms with Crippen LogP contribution in [0.25, 0.3) is 0 Å². The Morgan fingerprint density at radius 3 is 2.24 bits per heavy atom. The molecule has 1 aliphatic carbocycles. The fraction of sp³-hybridized carbons (Fsp3) is 1.00. The van der Waals surface area contributed by atoms with Crippen LogP contribution in [0.3, 0.4) is 0 Å². The lowest BCUT2D eigenvalue weighted by Crippen LogP contribution is -2.54. The molecule has 0 spiro atoms. The van der Waals surface area contributed by atoms with Crippen LogP contribution in [0.2, 0.25) is 0 Å². The van der Waals surface area contributed by atoms with Crippen molar-refractivity contribution in [3.05, 3.63) is 0 Å². The smallest absolute Gasteiger partial charge is 0.0283 e. The molecule has 2 aliphatic rings. The summed E-state index contributed by atoms with van der Waals surface area (Å²) in [6, 6.07) is 0.784. The largest absolute Gasteiger partial charge is 0.324 e. The molecule has 17 heavy (non-hydrogen) atoms. The number of nitrogens with zero attached hydrogens (tertiary/aromatic N) is 2. The van der Waals surface area contributed by atoms with Crippen molar-refractivity contribution >= 4 is 0 Å². The highest BCUT2D eigenvalue weighted by molar-refractivity contribution is 4.91. The van der Waals surface area contributed by atoms with Crippen LogP contribution in [-0.4, -0.2) is 55.1 Å². The SMILES string of the molecule is CN(C)C1CCN(CC2(N)CCCCC2)CC1. The molecule has 0 aromatic carbocycles. The average Bonchev–Trinajstić information content (AvgIpc) is 2.30. The molecule has 0 radical (unpaired) electrons. The third kappa shape index (κ3) is 3.67. The minimum atomic E-state index is 0.128. The minimum Gasteiger partial charge on any atom is -0.324 e. The van der Waals surface area contributed by atoms with Crippen molar-refractivity contribution in [1.82, 2.24) is 9.80 Å². The summed E-state index contributed by atoms with van der Waals surface area (Å²) in [6.45, 7) is 3.61. The predicted octanol–water partition coefficient (Wildman–Crippen LogP) is 1.67. The molecule has 1 aliphatic heterocycles. The molecule has 0 aromatic rings. The Morgan fingerprint density at radius 1 is 1.12 bits per heavy atom. The van der Waals surface area contributed by atoms with Crippen LogP contribution < -0.4 is 5.73 Å². The summed E-state index contributed by atoms with van der Waals surface area (Å²) in [6.07, 6.45) is 9.16. The van der Waals surface area contributed by atoms with Gasteiger partial charge in [-0.15, -0.1) is 0 Å². The summed E-state index contributed by atoms with van der Waals surface area (Å²) in [5, 5.41) is 0. The molecule has 1 saturated heterocycles. The number of rotatable bonds is 3. The monoisotopic (exact) mass is 239 g/mol. The van der Waals surface area contributed by atoms with E-state index in [0.717, 1.165) is 12.6 Å². The third-order valence-electron chi connectivity index (χ3n) is 4.68. The molecule has 3 nitrogen and oxygen atoms in total. The van der Waals surface area contributed by atoms with Gasteiger partial charge in [0, 0.05) is 18.1 Å². The number of hydrogen-bond acceptors (Lipinski definition) is 3. The standard InChI is InChI=1S/C14H29N3/c1-16(2)13-6-10-17(11-7-13)12-14(15)8-4-3-5-9-14/h13H,3-12,15H2,1-2H3. The fourth-order valence-corrected chi connectivity index (χ4v) is 3.45. The van der Waals surface area contributed by atoms with E-state index in [1.807, 2.05) is 0 Å². The maximum Gasteiger partial charge on any atom is 0.0283 e. The molecule has 0 unspecified atom stereocenters. The van der Waals surface area contributed by atoms with E-state index in [2.05, 4.69) is 23.9 Å². The zero-order valence-corrected chi connectivity index (χ0v) is 11.6. The van der Waals surface area contributed by atoms with Gasteiger partial charge in [-0.1, -0.05) is 19.3 Å². The van der Waals surface area contributed by atoms with Gasteiger partial charge in [0.1, 0.15) is 0 Å². The van der Waals surface area contributed by atoms with Crippen molar-refractivity contribution in [2.75, 3.05) is 33.7 Å². The van der Waals surface area contributed by atoms with Gasteiger partial charge in [-0.05, 0) is 52.9 Å². The van der Waals surface area contributed by atoms with Gasteiger partial charge >= 0.3 is 0 Å². The Labute approximate surface area is 106 Å². The number of hydrogen-bond donors (Lipinski definition) is 1. The molecule has 3 heteroatoms. The van der Waals surface area contributed by atoms with Crippen LogP contribution in [0.1, 0.15) is 44.9 Å². The van der Waals surface area contributed by atoms with E-state index in [0.29, 0.717) is 0 Å². The van der Waals surface area contributed by atoms with Gasteiger partial charge in [0.15, 0.2) is 0 Å². The highest BCUT2D eigenvalue weighted by Crippen LogP contribution is 2.27. The van der Waals surface area contributed by atoms with Crippen LogP contribution in [-0.2, 0) is 0 Å². The van der Waals surface area contributed by atoms with E-state index in [1.54, 1.807) is 0 Å². The molecule has 1 heterocycles. The molecule has 2 rings (SSSR count). The zero-order valence-electron chi connectivity index (χ0n) is 11.6. The first-order valence-electron chi connectivity index (χ1n) is 7.27. The lowest BCUT2D eigenvalue weighted by Gasteiger charge is -2.42. The lowest BCUT2D eigenvalue weighted by molar-refractivity contribution is 0.109. The normalized spacial score (nSPS) is 27.5. The van der Waals surface area contributed by atoms with Crippen molar-refractivity contribution in [3.8, 4) is 0 Å². The molecule has 0 aromatic heterocycles. The number of likely N-dealkylation sites (tertiary alicyclic amines) is 1. The quantitative estimate of drug-likeness (QED) is 0.813. The Bertz CT molecular complexity index is 226. The summed E-state index contributed by atoms with van der Waals surface area (Å²) in [5.41, 5.74) is 6.66. The Kier molecular flexibility index (Phi) is 4.45. The summed E-state index contributed by atoms with van der Waals surface area (Å²) in [4.78, 5) is 4.97. The van der Waals surface area contributed by atoms with Crippen LogP contribution in [0.15, 0.2) is 0 Å². The van der Waals surface area contributed by atoms with Crippen molar-refractivity contribution in [1.29, 1.82) is 0 Å². The maximum absolute atomic E-state index is 6.53. The first kappa shape index (κ1) is 13.3. The molecule has 100 valence electrons. The molecule has 2 N–H and O–H groups in total. The summed E-state index contributed by atoms with van der Waals surface area (Å²) in [5.74, 6) is 0. The second kappa shape index (κ2) is 5.68. The van der Waals surface area contributed by atoms with Gasteiger partial charge in [0.2, 0.25) is 0 Å². The highest BCUT2D eigenvalue weighted by atomic mass is 15.2. The molecule has 0 atom stereocenters. The van der Waals surface area contributed by atoms with E-state index in [1.165, 1.54) is 58.0 Å². The Balaban J connectivity index is 1.77. The van der Waals surface area contributed by atoms with Crippen molar-refractivity contribution < 1.29 is 0 Å².